The number of hydrogen-bond donors (Lipinski definition) is 2. The molecular weight excluding hydrogens is 414 g/mol. The average Bonchev–Trinajstić information content (AvgIpc) is 3.43. The van der Waals surface area contributed by atoms with Crippen molar-refractivity contribution in [3.05, 3.63) is 84.4 Å². The van der Waals surface area contributed by atoms with Crippen LogP contribution in [0.1, 0.15) is 29.5 Å². The van der Waals surface area contributed by atoms with Crippen LogP contribution in [0.15, 0.2) is 82.4 Å². The van der Waals surface area contributed by atoms with Gasteiger partial charge in [-0.05, 0) is 67.1 Å². The summed E-state index contributed by atoms with van der Waals surface area (Å²) in [6.07, 6.45) is 4.57. The molecule has 0 aliphatic carbocycles. The largest absolute Gasteiger partial charge is 0.468 e. The highest BCUT2D eigenvalue weighted by Crippen LogP contribution is 2.22. The second kappa shape index (κ2) is 8.79. The number of anilines is 1. The number of carbonyl (C=O) groups excluding carboxylic acids is 1. The van der Waals surface area contributed by atoms with Crippen LogP contribution in [0.25, 0.3) is 10.9 Å². The van der Waals surface area contributed by atoms with E-state index in [1.54, 1.807) is 12.1 Å². The maximum Gasteiger partial charge on any atom is 0.255 e. The summed E-state index contributed by atoms with van der Waals surface area (Å²) in [5.41, 5.74) is 2.17. The van der Waals surface area contributed by atoms with Crippen molar-refractivity contribution in [3.63, 3.8) is 0 Å². The number of nitrogens with one attached hydrogen (secondary N) is 2. The van der Waals surface area contributed by atoms with E-state index in [1.807, 2.05) is 30.5 Å². The number of amides is 1. The Hall–Kier alpha value is -3.36. The minimum Gasteiger partial charge on any atom is -0.468 e. The maximum absolute atomic E-state index is 12.6. The molecule has 2 N–H and O–H groups in total. The predicted molar refractivity (Wildman–Crippen MR) is 119 cm³/mol. The SMILES string of the molecule is CCCn1ccc2cc(NC(=O)c3ccc(S(=O)(=O)NCc4ccco4)cc3)ccc21. The van der Waals surface area contributed by atoms with Crippen molar-refractivity contribution >= 4 is 32.5 Å². The maximum atomic E-state index is 12.6. The summed E-state index contributed by atoms with van der Waals surface area (Å²) in [5.74, 6) is 0.210. The molecule has 0 aliphatic heterocycles. The number of rotatable bonds is 8. The lowest BCUT2D eigenvalue weighted by Gasteiger charge is -2.09. The lowest BCUT2D eigenvalue weighted by molar-refractivity contribution is 0.102. The normalized spacial score (nSPS) is 11.6. The Morgan fingerprint density at radius 3 is 2.58 bits per heavy atom. The van der Waals surface area contributed by atoms with Crippen LogP contribution in [0.4, 0.5) is 5.69 Å². The summed E-state index contributed by atoms with van der Waals surface area (Å²) in [7, 11) is -3.71. The number of fused-ring (bicyclic) bond motifs is 1. The minimum atomic E-state index is -3.71. The molecule has 0 bridgehead atoms. The first kappa shape index (κ1) is 20.9. The van der Waals surface area contributed by atoms with Crippen molar-refractivity contribution in [2.45, 2.75) is 31.3 Å². The summed E-state index contributed by atoms with van der Waals surface area (Å²) in [4.78, 5) is 12.7. The van der Waals surface area contributed by atoms with Crippen molar-refractivity contribution in [2.75, 3.05) is 5.32 Å². The molecule has 31 heavy (non-hydrogen) atoms. The Morgan fingerprint density at radius 1 is 1.06 bits per heavy atom. The number of hydrogen-bond acceptors (Lipinski definition) is 4. The number of carbonyl (C=O) groups is 1. The summed E-state index contributed by atoms with van der Waals surface area (Å²) in [6, 6.07) is 17.0. The number of nitrogens with zero attached hydrogens (tertiary/aromatic N) is 1. The molecule has 0 unspecified atom stereocenters. The molecule has 7 nitrogen and oxygen atoms in total. The Kier molecular flexibility index (Phi) is 5.92. The van der Waals surface area contributed by atoms with E-state index in [0.29, 0.717) is 17.0 Å². The van der Waals surface area contributed by atoms with Gasteiger partial charge in [0.25, 0.3) is 5.91 Å². The zero-order chi connectivity index (χ0) is 21.8. The minimum absolute atomic E-state index is 0.0556. The molecule has 1 amide bonds. The van der Waals surface area contributed by atoms with Gasteiger partial charge in [0.2, 0.25) is 10.0 Å². The van der Waals surface area contributed by atoms with Gasteiger partial charge in [-0.2, -0.15) is 0 Å². The van der Waals surface area contributed by atoms with E-state index in [-0.39, 0.29) is 17.3 Å². The van der Waals surface area contributed by atoms with Gasteiger partial charge < -0.3 is 14.3 Å². The summed E-state index contributed by atoms with van der Waals surface area (Å²) >= 11 is 0. The van der Waals surface area contributed by atoms with Crippen LogP contribution in [0.3, 0.4) is 0 Å². The van der Waals surface area contributed by atoms with Crippen LogP contribution in [-0.2, 0) is 23.1 Å². The van der Waals surface area contributed by atoms with Gasteiger partial charge in [0.15, 0.2) is 0 Å². The van der Waals surface area contributed by atoms with Crippen molar-refractivity contribution in [1.29, 1.82) is 0 Å². The standard InChI is InChI=1S/C23H23N3O4S/c1-2-12-26-13-11-18-15-19(7-10-22(18)26)25-23(27)17-5-8-21(9-6-17)31(28,29)24-16-20-4-3-14-30-20/h3-11,13-15,24H,2,12,16H2,1H3,(H,25,27). The third-order valence-electron chi connectivity index (χ3n) is 4.94. The van der Waals surface area contributed by atoms with E-state index < -0.39 is 10.0 Å². The highest BCUT2D eigenvalue weighted by atomic mass is 32.2. The van der Waals surface area contributed by atoms with Crippen LogP contribution < -0.4 is 10.0 Å². The Morgan fingerprint density at radius 2 is 1.87 bits per heavy atom. The molecule has 0 fully saturated rings. The smallest absolute Gasteiger partial charge is 0.255 e. The molecule has 0 saturated heterocycles. The fourth-order valence-corrected chi connectivity index (χ4v) is 4.36. The van der Waals surface area contributed by atoms with Crippen LogP contribution in [0.2, 0.25) is 0 Å². The van der Waals surface area contributed by atoms with Crippen LogP contribution in [0, 0.1) is 0 Å². The molecule has 8 heteroatoms. The fraction of sp³-hybridized carbons (Fsp3) is 0.174. The van der Waals surface area contributed by atoms with Crippen molar-refractivity contribution in [3.8, 4) is 0 Å². The summed E-state index contributed by atoms with van der Waals surface area (Å²) < 4.78 is 34.6. The molecule has 0 saturated carbocycles. The summed E-state index contributed by atoms with van der Waals surface area (Å²) in [6.45, 7) is 3.13. The number of benzene rings is 2. The molecule has 2 aromatic heterocycles. The molecule has 2 aromatic carbocycles. The molecule has 0 spiro atoms. The lowest BCUT2D eigenvalue weighted by atomic mass is 10.2. The van der Waals surface area contributed by atoms with Gasteiger partial charge in [-0.15, -0.1) is 0 Å². The van der Waals surface area contributed by atoms with Crippen LogP contribution >= 0.6 is 0 Å². The molecule has 0 aliphatic rings. The Labute approximate surface area is 180 Å². The molecule has 160 valence electrons. The highest BCUT2D eigenvalue weighted by molar-refractivity contribution is 7.89. The van der Waals surface area contributed by atoms with Gasteiger partial charge in [-0.25, -0.2) is 13.1 Å². The Bertz CT molecular complexity index is 1290. The number of furan rings is 1. The predicted octanol–water partition coefficient (Wildman–Crippen LogP) is 4.38. The molecule has 4 rings (SSSR count). The zero-order valence-electron chi connectivity index (χ0n) is 17.0. The van der Waals surface area contributed by atoms with E-state index in [1.165, 1.54) is 30.5 Å². The molecule has 0 radical (unpaired) electrons. The van der Waals surface area contributed by atoms with Gasteiger partial charge in [0.1, 0.15) is 5.76 Å². The van der Waals surface area contributed by atoms with E-state index in [9.17, 15) is 13.2 Å². The monoisotopic (exact) mass is 437 g/mol. The zero-order valence-corrected chi connectivity index (χ0v) is 17.9. The van der Waals surface area contributed by atoms with E-state index in [2.05, 4.69) is 21.5 Å². The van der Waals surface area contributed by atoms with Gasteiger partial charge in [-0.3, -0.25) is 4.79 Å². The number of aromatic nitrogens is 1. The van der Waals surface area contributed by atoms with Crippen molar-refractivity contribution < 1.29 is 17.6 Å². The fourth-order valence-electron chi connectivity index (χ4n) is 3.37. The van der Waals surface area contributed by atoms with Gasteiger partial charge in [0.05, 0.1) is 17.7 Å². The first-order valence-electron chi connectivity index (χ1n) is 9.98. The second-order valence-electron chi connectivity index (χ2n) is 7.17. The topological polar surface area (TPSA) is 93.3 Å². The molecule has 2 heterocycles. The van der Waals surface area contributed by atoms with Gasteiger partial charge in [0, 0.05) is 34.9 Å². The van der Waals surface area contributed by atoms with Crippen molar-refractivity contribution in [2.24, 2.45) is 0 Å². The van der Waals surface area contributed by atoms with E-state index in [0.717, 1.165) is 23.9 Å². The highest BCUT2D eigenvalue weighted by Gasteiger charge is 2.16. The quantitative estimate of drug-likeness (QED) is 0.428. The molecular formula is C23H23N3O4S. The first-order chi connectivity index (χ1) is 15.0. The second-order valence-corrected chi connectivity index (χ2v) is 8.93. The van der Waals surface area contributed by atoms with Crippen LogP contribution in [0.5, 0.6) is 0 Å². The molecule has 0 atom stereocenters. The average molecular weight is 438 g/mol. The van der Waals surface area contributed by atoms with Gasteiger partial charge >= 0.3 is 0 Å². The Balaban J connectivity index is 1.44. The lowest BCUT2D eigenvalue weighted by Crippen LogP contribution is -2.23. The van der Waals surface area contributed by atoms with Crippen molar-refractivity contribution in [1.82, 2.24) is 9.29 Å². The number of sulfonamides is 1. The molecule has 4 aromatic rings. The van der Waals surface area contributed by atoms with Crippen LogP contribution in [-0.4, -0.2) is 18.9 Å². The third kappa shape index (κ3) is 4.70. The van der Waals surface area contributed by atoms with E-state index in [4.69, 9.17) is 4.42 Å². The van der Waals surface area contributed by atoms with Gasteiger partial charge in [-0.1, -0.05) is 6.92 Å². The summed E-state index contributed by atoms with van der Waals surface area (Å²) in [5, 5.41) is 3.92. The third-order valence-corrected chi connectivity index (χ3v) is 6.35. The number of aryl methyl sites for hydroxylation is 1. The van der Waals surface area contributed by atoms with E-state index >= 15 is 0 Å². The first-order valence-corrected chi connectivity index (χ1v) is 11.5.